The average Bonchev–Trinajstić information content (AvgIpc) is 2.35. The van der Waals surface area contributed by atoms with E-state index in [0.717, 1.165) is 5.56 Å². The Labute approximate surface area is 103 Å². The molecule has 0 atom stereocenters. The molecule has 17 heavy (non-hydrogen) atoms. The molecule has 1 aromatic carbocycles. The van der Waals surface area contributed by atoms with E-state index in [9.17, 15) is 4.79 Å². The minimum atomic E-state index is -2.24. The maximum absolute atomic E-state index is 11.9. The number of hydrogen-bond donors (Lipinski definition) is 1. The summed E-state index contributed by atoms with van der Waals surface area (Å²) in [5.74, 6) is -0.0958. The summed E-state index contributed by atoms with van der Waals surface area (Å²) in [4.78, 5) is 11.9. The number of benzene rings is 1. The smallest absolute Gasteiger partial charge is 0.354 e. The zero-order valence-corrected chi connectivity index (χ0v) is 11.7. The monoisotopic (exact) mass is 253 g/mol. The van der Waals surface area contributed by atoms with Gasteiger partial charge in [-0.15, -0.1) is 0 Å². The fourth-order valence-electron chi connectivity index (χ4n) is 1.36. The van der Waals surface area contributed by atoms with E-state index in [1.807, 2.05) is 31.7 Å². The van der Waals surface area contributed by atoms with Crippen LogP contribution < -0.4 is 5.32 Å². The van der Waals surface area contributed by atoms with Gasteiger partial charge in [-0.3, -0.25) is 4.79 Å². The molecule has 0 radical (unpaired) electrons. The summed E-state index contributed by atoms with van der Waals surface area (Å²) in [6.45, 7) is 3.86. The number of carbonyl (C=O) groups is 1. The highest BCUT2D eigenvalue weighted by Crippen LogP contribution is 2.05. The second kappa shape index (κ2) is 5.95. The van der Waals surface area contributed by atoms with Crippen molar-refractivity contribution in [1.82, 2.24) is 5.32 Å². The Morgan fingerprint density at radius 3 is 2.53 bits per heavy atom. The Morgan fingerprint density at radius 2 is 2.00 bits per heavy atom. The van der Waals surface area contributed by atoms with Gasteiger partial charge in [-0.2, -0.15) is 0 Å². The maximum atomic E-state index is 11.9. The van der Waals surface area contributed by atoms with Gasteiger partial charge in [0.05, 0.1) is 6.17 Å². The summed E-state index contributed by atoms with van der Waals surface area (Å²) in [5, 5.41) is 2.84. The van der Waals surface area contributed by atoms with Crippen LogP contribution in [0.5, 0.6) is 0 Å². The number of aryl methyl sites for hydroxylation is 1. The lowest BCUT2D eigenvalue weighted by Crippen LogP contribution is -2.48. The lowest BCUT2D eigenvalue weighted by atomic mass is 10.1. The first-order chi connectivity index (χ1) is 8.00. The first kappa shape index (κ1) is 13.9. The second-order valence-electron chi connectivity index (χ2n) is 4.09. The molecule has 0 saturated carbocycles. The van der Waals surface area contributed by atoms with E-state index in [4.69, 9.17) is 8.85 Å². The van der Waals surface area contributed by atoms with E-state index in [2.05, 4.69) is 5.32 Å². The molecule has 0 fully saturated rings. The summed E-state index contributed by atoms with van der Waals surface area (Å²) in [6, 6.07) is 7.47. The SMILES string of the molecule is CO[Si](C)(CNC(=O)c1cccc(C)c1)OC. The third-order valence-corrected chi connectivity index (χ3v) is 5.26. The second-order valence-corrected chi connectivity index (χ2v) is 7.53. The van der Waals surface area contributed by atoms with Gasteiger partial charge in [0.15, 0.2) is 0 Å². The standard InChI is InChI=1S/C12H19NO3Si/c1-10-6-5-7-11(8-10)12(14)13-9-17(4,15-2)16-3/h5-8H,9H2,1-4H3,(H,13,14). The molecule has 1 N–H and O–H groups in total. The van der Waals surface area contributed by atoms with Crippen LogP contribution in [0.2, 0.25) is 6.55 Å². The van der Waals surface area contributed by atoms with Crippen LogP contribution >= 0.6 is 0 Å². The number of carbonyl (C=O) groups excluding carboxylic acids is 1. The molecule has 0 aliphatic heterocycles. The third kappa shape index (κ3) is 3.96. The minimum absolute atomic E-state index is 0.0958. The molecule has 5 heteroatoms. The van der Waals surface area contributed by atoms with Crippen LogP contribution in [0.15, 0.2) is 24.3 Å². The van der Waals surface area contributed by atoms with Crippen LogP contribution in [-0.2, 0) is 8.85 Å². The molecule has 1 aromatic rings. The van der Waals surface area contributed by atoms with Gasteiger partial charge in [0.2, 0.25) is 0 Å². The molecule has 0 spiro atoms. The Morgan fingerprint density at radius 1 is 1.35 bits per heavy atom. The van der Waals surface area contributed by atoms with Crippen molar-refractivity contribution in [1.29, 1.82) is 0 Å². The highest BCUT2D eigenvalue weighted by Gasteiger charge is 2.29. The number of hydrogen-bond acceptors (Lipinski definition) is 3. The van der Waals surface area contributed by atoms with Crippen molar-refractivity contribution in [3.63, 3.8) is 0 Å². The van der Waals surface area contributed by atoms with Crippen molar-refractivity contribution in [2.75, 3.05) is 20.4 Å². The predicted molar refractivity (Wildman–Crippen MR) is 69.1 cm³/mol. The predicted octanol–water partition coefficient (Wildman–Crippen LogP) is 1.63. The topological polar surface area (TPSA) is 47.6 Å². The van der Waals surface area contributed by atoms with Gasteiger partial charge in [-0.1, -0.05) is 17.7 Å². The highest BCUT2D eigenvalue weighted by atomic mass is 28.4. The molecule has 1 amide bonds. The zero-order valence-electron chi connectivity index (χ0n) is 10.7. The zero-order chi connectivity index (χ0) is 12.9. The lowest BCUT2D eigenvalue weighted by Gasteiger charge is -2.22. The van der Waals surface area contributed by atoms with Gasteiger partial charge >= 0.3 is 8.56 Å². The maximum Gasteiger partial charge on any atom is 0.354 e. The van der Waals surface area contributed by atoms with Crippen molar-refractivity contribution in [2.24, 2.45) is 0 Å². The van der Waals surface area contributed by atoms with E-state index in [0.29, 0.717) is 11.7 Å². The molecule has 0 heterocycles. The van der Waals surface area contributed by atoms with E-state index in [-0.39, 0.29) is 5.91 Å². The summed E-state index contributed by atoms with van der Waals surface area (Å²) in [7, 11) is 0.973. The fourth-order valence-corrected chi connectivity index (χ4v) is 2.29. The summed E-state index contributed by atoms with van der Waals surface area (Å²) in [6.07, 6.45) is 0.437. The molecule has 0 aliphatic rings. The van der Waals surface area contributed by atoms with E-state index >= 15 is 0 Å². The Kier molecular flexibility index (Phi) is 4.86. The molecular formula is C12H19NO3Si. The fraction of sp³-hybridized carbons (Fsp3) is 0.417. The van der Waals surface area contributed by atoms with Crippen LogP contribution in [-0.4, -0.2) is 34.9 Å². The van der Waals surface area contributed by atoms with Crippen LogP contribution in [0.1, 0.15) is 15.9 Å². The van der Waals surface area contributed by atoms with Gasteiger partial charge in [0.1, 0.15) is 0 Å². The number of nitrogens with one attached hydrogen (secondary N) is 1. The average molecular weight is 253 g/mol. The molecular weight excluding hydrogens is 234 g/mol. The van der Waals surface area contributed by atoms with Crippen LogP contribution in [0.4, 0.5) is 0 Å². The van der Waals surface area contributed by atoms with Crippen molar-refractivity contribution >= 4 is 14.5 Å². The number of amides is 1. The van der Waals surface area contributed by atoms with Crippen LogP contribution in [0.3, 0.4) is 0 Å². The van der Waals surface area contributed by atoms with Gasteiger partial charge in [0.25, 0.3) is 5.91 Å². The molecule has 0 saturated heterocycles. The first-order valence-electron chi connectivity index (χ1n) is 5.46. The van der Waals surface area contributed by atoms with Crippen molar-refractivity contribution in [3.05, 3.63) is 35.4 Å². The molecule has 0 unspecified atom stereocenters. The lowest BCUT2D eigenvalue weighted by molar-refractivity contribution is 0.0953. The molecule has 0 aromatic heterocycles. The van der Waals surface area contributed by atoms with Gasteiger partial charge in [-0.25, -0.2) is 0 Å². The van der Waals surface area contributed by atoms with E-state index < -0.39 is 8.56 Å². The Hall–Kier alpha value is -1.17. The first-order valence-corrected chi connectivity index (χ1v) is 7.98. The third-order valence-electron chi connectivity index (χ3n) is 2.71. The van der Waals surface area contributed by atoms with E-state index in [1.54, 1.807) is 20.3 Å². The van der Waals surface area contributed by atoms with E-state index in [1.165, 1.54) is 0 Å². The summed E-state index contributed by atoms with van der Waals surface area (Å²) < 4.78 is 10.6. The van der Waals surface area contributed by atoms with Crippen molar-refractivity contribution < 1.29 is 13.6 Å². The van der Waals surface area contributed by atoms with Gasteiger partial charge < -0.3 is 14.2 Å². The van der Waals surface area contributed by atoms with Gasteiger partial charge in [-0.05, 0) is 25.6 Å². The summed E-state index contributed by atoms with van der Waals surface area (Å²) >= 11 is 0. The van der Waals surface area contributed by atoms with Crippen molar-refractivity contribution in [2.45, 2.75) is 13.5 Å². The van der Waals surface area contributed by atoms with Crippen LogP contribution in [0.25, 0.3) is 0 Å². The van der Waals surface area contributed by atoms with Crippen molar-refractivity contribution in [3.8, 4) is 0 Å². The minimum Gasteiger partial charge on any atom is -0.397 e. The molecule has 4 nitrogen and oxygen atoms in total. The van der Waals surface area contributed by atoms with Crippen LogP contribution in [0, 0.1) is 6.92 Å². The quantitative estimate of drug-likeness (QED) is 0.811. The Bertz CT molecular complexity index is 391. The van der Waals surface area contributed by atoms with Gasteiger partial charge in [0, 0.05) is 19.8 Å². The normalized spacial score (nSPS) is 11.3. The highest BCUT2D eigenvalue weighted by molar-refractivity contribution is 6.66. The number of rotatable bonds is 5. The Balaban J connectivity index is 2.62. The molecule has 0 bridgehead atoms. The molecule has 94 valence electrons. The summed E-state index contributed by atoms with van der Waals surface area (Å²) in [5.41, 5.74) is 1.73. The largest absolute Gasteiger partial charge is 0.397 e. The molecule has 0 aliphatic carbocycles. The molecule has 1 rings (SSSR count).